The molecular weight excluding hydrogens is 380 g/mol. The second-order valence-corrected chi connectivity index (χ2v) is 8.33. The van der Waals surface area contributed by atoms with E-state index in [1.807, 2.05) is 18.2 Å². The highest BCUT2D eigenvalue weighted by atomic mass is 16.2. The molecule has 3 aliphatic rings. The number of nitrogens with one attached hydrogen (secondary N) is 1. The third-order valence-electron chi connectivity index (χ3n) is 6.33. The molecule has 1 atom stereocenters. The molecule has 2 aromatic rings. The molecule has 4 heterocycles. The first-order valence-corrected chi connectivity index (χ1v) is 10.5. The van der Waals surface area contributed by atoms with Gasteiger partial charge in [0.05, 0.1) is 5.69 Å². The highest BCUT2D eigenvalue weighted by Crippen LogP contribution is 2.32. The van der Waals surface area contributed by atoms with Crippen molar-refractivity contribution in [1.29, 1.82) is 0 Å². The fourth-order valence-corrected chi connectivity index (χ4v) is 4.67. The van der Waals surface area contributed by atoms with Crippen LogP contribution in [0.15, 0.2) is 30.3 Å². The van der Waals surface area contributed by atoms with E-state index in [-0.39, 0.29) is 24.1 Å². The Hall–Kier alpha value is -3.22. The molecule has 0 aliphatic carbocycles. The van der Waals surface area contributed by atoms with Gasteiger partial charge in [0, 0.05) is 37.7 Å². The van der Waals surface area contributed by atoms with Crippen LogP contribution in [0, 0.1) is 0 Å². The summed E-state index contributed by atoms with van der Waals surface area (Å²) in [7, 11) is 2.08. The van der Waals surface area contributed by atoms with Crippen molar-refractivity contribution in [2.75, 3.05) is 18.5 Å². The zero-order chi connectivity index (χ0) is 20.8. The van der Waals surface area contributed by atoms with Crippen LogP contribution in [0.4, 0.5) is 5.82 Å². The molecule has 1 unspecified atom stereocenters. The van der Waals surface area contributed by atoms with Crippen LogP contribution in [-0.4, -0.2) is 47.2 Å². The van der Waals surface area contributed by atoms with E-state index < -0.39 is 6.04 Å². The summed E-state index contributed by atoms with van der Waals surface area (Å²) in [5.74, 6) is 0.220. The summed E-state index contributed by atoms with van der Waals surface area (Å²) in [4.78, 5) is 45.3. The van der Waals surface area contributed by atoms with Crippen molar-refractivity contribution < 1.29 is 14.4 Å². The summed E-state index contributed by atoms with van der Waals surface area (Å²) >= 11 is 0. The SMILES string of the molecule is CN1CCCCc2ccc(-c3ccc4c(c3)CN(C3CCC(=O)NC3=O)C4=O)nc21. The standard InChI is InChI=1S/C23H24N4O3/c1-26-11-3-2-4-14-6-8-18(24-21(14)26)15-5-7-17-16(12-15)13-27(23(17)30)19-9-10-20(28)25-22(19)29/h5-8,12,19H,2-4,9-11,13H2,1H3,(H,25,28,29). The minimum Gasteiger partial charge on any atom is -0.359 e. The van der Waals surface area contributed by atoms with Crippen LogP contribution < -0.4 is 10.2 Å². The van der Waals surface area contributed by atoms with E-state index in [0.29, 0.717) is 18.5 Å². The number of carbonyl (C=O) groups is 3. The van der Waals surface area contributed by atoms with Crippen LogP contribution in [0.25, 0.3) is 11.3 Å². The number of fused-ring (bicyclic) bond motifs is 2. The molecule has 7 heteroatoms. The number of imide groups is 1. The van der Waals surface area contributed by atoms with Gasteiger partial charge < -0.3 is 9.80 Å². The predicted molar refractivity (Wildman–Crippen MR) is 112 cm³/mol. The minimum absolute atomic E-state index is 0.152. The third-order valence-corrected chi connectivity index (χ3v) is 6.33. The summed E-state index contributed by atoms with van der Waals surface area (Å²) in [6, 6.07) is 9.38. The Balaban J connectivity index is 1.44. The van der Waals surface area contributed by atoms with Crippen LogP contribution >= 0.6 is 0 Å². The molecule has 1 aromatic heterocycles. The minimum atomic E-state index is -0.592. The maximum absolute atomic E-state index is 12.9. The fraction of sp³-hybridized carbons (Fsp3) is 0.391. The number of amides is 3. The summed E-state index contributed by atoms with van der Waals surface area (Å²) in [6.45, 7) is 1.38. The van der Waals surface area contributed by atoms with Crippen molar-refractivity contribution in [3.05, 3.63) is 47.0 Å². The molecule has 0 saturated carbocycles. The van der Waals surface area contributed by atoms with Crippen LogP contribution in [0.3, 0.4) is 0 Å². The number of nitrogens with zero attached hydrogens (tertiary/aromatic N) is 3. The quantitative estimate of drug-likeness (QED) is 0.777. The first-order valence-electron chi connectivity index (χ1n) is 10.5. The Morgan fingerprint density at radius 3 is 2.73 bits per heavy atom. The van der Waals surface area contributed by atoms with E-state index in [1.54, 1.807) is 4.90 Å². The number of carbonyl (C=O) groups excluding carboxylic acids is 3. The van der Waals surface area contributed by atoms with Crippen molar-refractivity contribution in [2.45, 2.75) is 44.7 Å². The van der Waals surface area contributed by atoms with Gasteiger partial charge in [0.1, 0.15) is 11.9 Å². The van der Waals surface area contributed by atoms with Gasteiger partial charge in [0.2, 0.25) is 11.8 Å². The molecule has 3 aliphatic heterocycles. The van der Waals surface area contributed by atoms with Crippen LogP contribution in [0.2, 0.25) is 0 Å². The second kappa shape index (κ2) is 7.23. The molecule has 1 N–H and O–H groups in total. The highest BCUT2D eigenvalue weighted by Gasteiger charge is 2.39. The molecule has 1 fully saturated rings. The summed E-state index contributed by atoms with van der Waals surface area (Å²) in [5.41, 5.74) is 4.64. The van der Waals surface area contributed by atoms with Gasteiger partial charge in [0.15, 0.2) is 0 Å². The molecule has 154 valence electrons. The van der Waals surface area contributed by atoms with Crippen molar-refractivity contribution in [2.24, 2.45) is 0 Å². The van der Waals surface area contributed by atoms with E-state index in [9.17, 15) is 14.4 Å². The Morgan fingerprint density at radius 1 is 1.03 bits per heavy atom. The van der Waals surface area contributed by atoms with Crippen molar-refractivity contribution in [1.82, 2.24) is 15.2 Å². The number of benzene rings is 1. The van der Waals surface area contributed by atoms with Gasteiger partial charge in [-0.2, -0.15) is 0 Å². The maximum Gasteiger partial charge on any atom is 0.255 e. The number of aromatic nitrogens is 1. The van der Waals surface area contributed by atoms with Gasteiger partial charge in [-0.15, -0.1) is 0 Å². The van der Waals surface area contributed by atoms with E-state index in [0.717, 1.165) is 35.6 Å². The Kier molecular flexibility index (Phi) is 4.53. The first kappa shape index (κ1) is 18.8. The van der Waals surface area contributed by atoms with Gasteiger partial charge in [-0.1, -0.05) is 12.1 Å². The Bertz CT molecular complexity index is 1060. The average molecular weight is 404 g/mol. The van der Waals surface area contributed by atoms with Gasteiger partial charge in [-0.25, -0.2) is 4.98 Å². The lowest BCUT2D eigenvalue weighted by molar-refractivity contribution is -0.136. The van der Waals surface area contributed by atoms with Crippen LogP contribution in [0.1, 0.15) is 47.2 Å². The van der Waals surface area contributed by atoms with Gasteiger partial charge in [-0.3, -0.25) is 19.7 Å². The fourth-order valence-electron chi connectivity index (χ4n) is 4.67. The maximum atomic E-state index is 12.9. The molecule has 0 radical (unpaired) electrons. The number of hydrogen-bond acceptors (Lipinski definition) is 5. The number of anilines is 1. The zero-order valence-electron chi connectivity index (χ0n) is 17.0. The van der Waals surface area contributed by atoms with Crippen molar-refractivity contribution in [3.63, 3.8) is 0 Å². The predicted octanol–water partition coefficient (Wildman–Crippen LogP) is 2.28. The van der Waals surface area contributed by atoms with Crippen molar-refractivity contribution >= 4 is 23.5 Å². The molecule has 0 bridgehead atoms. The summed E-state index contributed by atoms with van der Waals surface area (Å²) < 4.78 is 0. The van der Waals surface area contributed by atoms with Crippen LogP contribution in [0.5, 0.6) is 0 Å². The van der Waals surface area contributed by atoms with E-state index in [2.05, 4.69) is 29.4 Å². The number of piperidine rings is 1. The molecule has 1 aromatic carbocycles. The lowest BCUT2D eigenvalue weighted by Crippen LogP contribution is -2.52. The average Bonchev–Trinajstić information content (AvgIpc) is 2.94. The van der Waals surface area contributed by atoms with Gasteiger partial charge in [0.25, 0.3) is 5.91 Å². The van der Waals surface area contributed by atoms with E-state index in [1.165, 1.54) is 18.4 Å². The van der Waals surface area contributed by atoms with E-state index in [4.69, 9.17) is 4.98 Å². The lowest BCUT2D eigenvalue weighted by Gasteiger charge is -2.29. The lowest BCUT2D eigenvalue weighted by atomic mass is 10.0. The number of rotatable bonds is 2. The largest absolute Gasteiger partial charge is 0.359 e. The Morgan fingerprint density at radius 2 is 1.90 bits per heavy atom. The molecule has 5 rings (SSSR count). The highest BCUT2D eigenvalue weighted by molar-refractivity contribution is 6.05. The van der Waals surface area contributed by atoms with Gasteiger partial charge in [-0.05, 0) is 55.0 Å². The molecular formula is C23H24N4O3. The molecule has 0 spiro atoms. The number of pyridine rings is 1. The topological polar surface area (TPSA) is 82.6 Å². The van der Waals surface area contributed by atoms with Gasteiger partial charge >= 0.3 is 0 Å². The molecule has 7 nitrogen and oxygen atoms in total. The molecule has 3 amide bonds. The van der Waals surface area contributed by atoms with E-state index >= 15 is 0 Å². The smallest absolute Gasteiger partial charge is 0.255 e. The normalized spacial score (nSPS) is 21.2. The number of aryl methyl sites for hydroxylation is 1. The summed E-state index contributed by atoms with van der Waals surface area (Å²) in [5, 5.41) is 2.34. The first-order chi connectivity index (χ1) is 14.5. The van der Waals surface area contributed by atoms with Crippen molar-refractivity contribution in [3.8, 4) is 11.3 Å². The third kappa shape index (κ3) is 3.14. The van der Waals surface area contributed by atoms with Crippen LogP contribution in [-0.2, 0) is 22.6 Å². The Labute approximate surface area is 175 Å². The second-order valence-electron chi connectivity index (χ2n) is 8.33. The monoisotopic (exact) mass is 404 g/mol. The molecule has 30 heavy (non-hydrogen) atoms. The number of hydrogen-bond donors (Lipinski definition) is 1. The zero-order valence-corrected chi connectivity index (χ0v) is 17.0. The summed E-state index contributed by atoms with van der Waals surface area (Å²) in [6.07, 6.45) is 4.02. The molecule has 1 saturated heterocycles.